The van der Waals surface area contributed by atoms with Gasteiger partial charge in [-0.15, -0.1) is 0 Å². The fourth-order valence-corrected chi connectivity index (χ4v) is 8.34. The number of carbonyl (C=O) groups is 4. The maximum absolute atomic E-state index is 14.5. The van der Waals surface area contributed by atoms with Gasteiger partial charge in [-0.25, -0.2) is 4.79 Å². The van der Waals surface area contributed by atoms with Crippen LogP contribution in [-0.4, -0.2) is 100 Å². The predicted molar refractivity (Wildman–Crippen MR) is 199 cm³/mol. The Balaban J connectivity index is 1.16. The van der Waals surface area contributed by atoms with Crippen LogP contribution in [0.5, 0.6) is 0 Å². The van der Waals surface area contributed by atoms with Gasteiger partial charge in [-0.3, -0.25) is 19.3 Å². The van der Waals surface area contributed by atoms with Crippen molar-refractivity contribution in [2.75, 3.05) is 32.8 Å². The average molecular weight is 758 g/mol. The molecule has 10 nitrogen and oxygen atoms in total. The molecule has 4 saturated heterocycles. The molecule has 4 amide bonds. The molecule has 4 heterocycles. The minimum atomic E-state index is -4.57. The third kappa shape index (κ3) is 8.56. The van der Waals surface area contributed by atoms with Crippen LogP contribution in [0.25, 0.3) is 6.08 Å². The summed E-state index contributed by atoms with van der Waals surface area (Å²) >= 11 is 0. The van der Waals surface area contributed by atoms with Crippen molar-refractivity contribution < 1.29 is 37.1 Å². The van der Waals surface area contributed by atoms with Crippen LogP contribution in [0.4, 0.5) is 18.0 Å². The van der Waals surface area contributed by atoms with Crippen LogP contribution in [-0.2, 0) is 31.8 Å². The number of cyclic esters (lactones) is 1. The highest BCUT2D eigenvalue weighted by molar-refractivity contribution is 5.99. The maximum Gasteiger partial charge on any atom is 0.416 e. The normalized spacial score (nSPS) is 23.1. The van der Waals surface area contributed by atoms with Crippen LogP contribution in [0.1, 0.15) is 66.8 Å². The van der Waals surface area contributed by atoms with Gasteiger partial charge in [0.2, 0.25) is 17.7 Å². The van der Waals surface area contributed by atoms with Gasteiger partial charge in [0.15, 0.2) is 0 Å². The first-order chi connectivity index (χ1) is 26.6. The Labute approximate surface area is 318 Å². The van der Waals surface area contributed by atoms with Crippen LogP contribution in [0.15, 0.2) is 91.0 Å². The van der Waals surface area contributed by atoms with Gasteiger partial charge < -0.3 is 24.8 Å². The largest absolute Gasteiger partial charge is 0.447 e. The quantitative estimate of drug-likeness (QED) is 0.240. The summed E-state index contributed by atoms with van der Waals surface area (Å²) in [5.74, 6) is -1.50. The summed E-state index contributed by atoms with van der Waals surface area (Å²) in [5, 5.41) is 2.72. The number of hydrogen-bond donors (Lipinski definition) is 1. The van der Waals surface area contributed by atoms with Crippen molar-refractivity contribution >= 4 is 29.9 Å². The first-order valence-electron chi connectivity index (χ1n) is 19.1. The molecular weight excluding hydrogens is 711 g/mol. The molecule has 13 heteroatoms. The molecule has 3 aromatic rings. The molecule has 0 spiro atoms. The fraction of sp³-hybridized carbons (Fsp3) is 0.429. The van der Waals surface area contributed by atoms with E-state index in [-0.39, 0.29) is 31.0 Å². The highest BCUT2D eigenvalue weighted by Gasteiger charge is 2.58. The number of carbonyl (C=O) groups excluding carboxylic acids is 4. The number of β-lactam (4-membered cyclic amide) rings is 1. The Kier molecular flexibility index (Phi) is 11.6. The first kappa shape index (κ1) is 38.1. The number of nitrogens with one attached hydrogen (secondary N) is 1. The second-order valence-electron chi connectivity index (χ2n) is 14.7. The van der Waals surface area contributed by atoms with Gasteiger partial charge in [-0.2, -0.15) is 13.2 Å². The van der Waals surface area contributed by atoms with E-state index in [1.807, 2.05) is 60.7 Å². The number of amides is 4. The summed E-state index contributed by atoms with van der Waals surface area (Å²) in [7, 11) is 0. The molecule has 0 aromatic heterocycles. The summed E-state index contributed by atoms with van der Waals surface area (Å²) in [5.41, 5.74) is 0.967. The number of nitrogens with zero attached hydrogens (tertiary/aromatic N) is 4. The van der Waals surface area contributed by atoms with E-state index in [4.69, 9.17) is 4.74 Å². The smallest absolute Gasteiger partial charge is 0.416 e. The number of likely N-dealkylation sites (tertiary alicyclic amines) is 3. The molecule has 0 bridgehead atoms. The van der Waals surface area contributed by atoms with Crippen molar-refractivity contribution in [1.29, 1.82) is 0 Å². The molecule has 4 fully saturated rings. The lowest BCUT2D eigenvalue weighted by atomic mass is 9.87. The molecule has 0 saturated carbocycles. The molecule has 4 atom stereocenters. The molecular formula is C42H46F3N5O5. The van der Waals surface area contributed by atoms with E-state index >= 15 is 0 Å². The number of halogens is 3. The topological polar surface area (TPSA) is 103 Å². The van der Waals surface area contributed by atoms with E-state index in [1.165, 1.54) is 41.2 Å². The third-order valence-electron chi connectivity index (χ3n) is 11.3. The summed E-state index contributed by atoms with van der Waals surface area (Å²) in [6, 6.07) is 19.9. The van der Waals surface area contributed by atoms with Gasteiger partial charge in [0.1, 0.15) is 18.7 Å². The number of alkyl halides is 3. The lowest BCUT2D eigenvalue weighted by Gasteiger charge is -2.52. The Bertz CT molecular complexity index is 1860. The Morgan fingerprint density at radius 2 is 1.56 bits per heavy atom. The maximum atomic E-state index is 14.5. The number of hydrogen-bond acceptors (Lipinski definition) is 6. The van der Waals surface area contributed by atoms with Crippen LogP contribution < -0.4 is 5.32 Å². The molecule has 55 heavy (non-hydrogen) atoms. The summed E-state index contributed by atoms with van der Waals surface area (Å²) in [6.45, 7) is 2.93. The fourth-order valence-electron chi connectivity index (χ4n) is 8.34. The van der Waals surface area contributed by atoms with Gasteiger partial charge in [0, 0.05) is 25.7 Å². The van der Waals surface area contributed by atoms with E-state index in [0.29, 0.717) is 19.1 Å². The van der Waals surface area contributed by atoms with E-state index in [0.717, 1.165) is 49.2 Å². The summed E-state index contributed by atoms with van der Waals surface area (Å²) in [6.07, 6.45) is 3.19. The van der Waals surface area contributed by atoms with Crippen LogP contribution in [0.3, 0.4) is 0 Å². The monoisotopic (exact) mass is 757 g/mol. The van der Waals surface area contributed by atoms with Gasteiger partial charge in [0.05, 0.1) is 24.1 Å². The Morgan fingerprint density at radius 3 is 2.25 bits per heavy atom. The average Bonchev–Trinajstić information content (AvgIpc) is 3.58. The first-order valence-corrected chi connectivity index (χ1v) is 19.1. The third-order valence-corrected chi connectivity index (χ3v) is 11.3. The second kappa shape index (κ2) is 16.7. The number of piperidine rings is 2. The Morgan fingerprint density at radius 1 is 0.873 bits per heavy atom. The van der Waals surface area contributed by atoms with Gasteiger partial charge in [-0.05, 0) is 67.6 Å². The highest BCUT2D eigenvalue weighted by atomic mass is 19.4. The molecule has 1 N–H and O–H groups in total. The van der Waals surface area contributed by atoms with Crippen molar-refractivity contribution in [3.05, 3.63) is 113 Å². The molecule has 0 aliphatic carbocycles. The summed E-state index contributed by atoms with van der Waals surface area (Å²) < 4.78 is 46.0. The summed E-state index contributed by atoms with van der Waals surface area (Å²) in [4.78, 5) is 63.1. The van der Waals surface area contributed by atoms with E-state index in [1.54, 1.807) is 17.1 Å². The van der Waals surface area contributed by atoms with E-state index < -0.39 is 53.8 Å². The standard InChI is InChI=1S/C42H46F3N5O5/c43-42(44,45)32-16-10-13-30(25-32)27-46-39(52)35(26-37(51)48-23-19-33(20-24-48)47-21-8-3-9-22-47)49-34(18-17-29-11-4-1-5-12-29)38(40(49)53)50-36(28-55-41(50)54)31-14-6-2-7-15-31/h1-2,4-7,10-18,25,33-36,38H,3,8-9,19-24,26-28H2,(H,46,52)/t34?,35-,36+,38?/m0/s1. The number of rotatable bonds is 11. The number of benzene rings is 3. The van der Waals surface area contributed by atoms with Crippen molar-refractivity contribution in [2.45, 2.75) is 81.5 Å². The Hall–Kier alpha value is -5.17. The van der Waals surface area contributed by atoms with Crippen LogP contribution in [0, 0.1) is 0 Å². The molecule has 3 aromatic carbocycles. The molecule has 290 valence electrons. The molecule has 7 rings (SSSR count). The predicted octanol–water partition coefficient (Wildman–Crippen LogP) is 6.04. The molecule has 0 radical (unpaired) electrons. The van der Waals surface area contributed by atoms with Crippen LogP contribution >= 0.6 is 0 Å². The lowest BCUT2D eigenvalue weighted by Crippen LogP contribution is -2.74. The van der Waals surface area contributed by atoms with Crippen molar-refractivity contribution in [2.24, 2.45) is 0 Å². The SMILES string of the molecule is O=C(NCc1cccc(C(F)(F)F)c1)[C@H](CC(=O)N1CCC(N2CCCCC2)CC1)N1C(=O)C(N2C(=O)OC[C@@H]2c2ccccc2)C1C=Cc1ccccc1. The van der Waals surface area contributed by atoms with Gasteiger partial charge in [0.25, 0.3) is 0 Å². The molecule has 4 aliphatic rings. The van der Waals surface area contributed by atoms with Crippen molar-refractivity contribution in [3.8, 4) is 0 Å². The zero-order valence-electron chi connectivity index (χ0n) is 30.6. The second-order valence-corrected chi connectivity index (χ2v) is 14.7. The molecule has 2 unspecified atom stereocenters. The van der Waals surface area contributed by atoms with Crippen LogP contribution in [0.2, 0.25) is 0 Å². The lowest BCUT2D eigenvalue weighted by molar-refractivity contribution is -0.164. The zero-order valence-corrected chi connectivity index (χ0v) is 30.6. The van der Waals surface area contributed by atoms with Crippen molar-refractivity contribution in [1.82, 2.24) is 24.9 Å². The highest BCUT2D eigenvalue weighted by Crippen LogP contribution is 2.39. The van der Waals surface area contributed by atoms with E-state index in [2.05, 4.69) is 10.2 Å². The van der Waals surface area contributed by atoms with Crippen molar-refractivity contribution in [3.63, 3.8) is 0 Å². The minimum Gasteiger partial charge on any atom is -0.447 e. The van der Waals surface area contributed by atoms with E-state index in [9.17, 15) is 32.3 Å². The van der Waals surface area contributed by atoms with Gasteiger partial charge in [-0.1, -0.05) is 91.4 Å². The van der Waals surface area contributed by atoms with Gasteiger partial charge >= 0.3 is 12.3 Å². The zero-order chi connectivity index (χ0) is 38.5. The minimum absolute atomic E-state index is 0.0362. The molecule has 4 aliphatic heterocycles. The number of ether oxygens (including phenoxy) is 1.